The van der Waals surface area contributed by atoms with Crippen molar-refractivity contribution in [3.8, 4) is 0 Å². The summed E-state index contributed by atoms with van der Waals surface area (Å²) in [6.45, 7) is 0. The molecule has 0 saturated heterocycles. The van der Waals surface area contributed by atoms with Crippen LogP contribution in [-0.4, -0.2) is 19.0 Å². The van der Waals surface area contributed by atoms with E-state index < -0.39 is 16.1 Å². The van der Waals surface area contributed by atoms with Gasteiger partial charge in [-0.25, -0.2) is 4.79 Å². The van der Waals surface area contributed by atoms with E-state index in [0.29, 0.717) is 33.5 Å². The van der Waals surface area contributed by atoms with Gasteiger partial charge in [0.25, 0.3) is 10.1 Å². The van der Waals surface area contributed by atoms with Gasteiger partial charge in [0.15, 0.2) is 0 Å². The Morgan fingerprint density at radius 1 is 0.963 bits per heavy atom. The number of benzene rings is 3. The number of amides is 2. The summed E-state index contributed by atoms with van der Waals surface area (Å²) in [7, 11) is -4.27. The second kappa shape index (κ2) is 7.02. The van der Waals surface area contributed by atoms with Crippen molar-refractivity contribution < 1.29 is 17.8 Å². The van der Waals surface area contributed by atoms with E-state index in [9.17, 15) is 13.2 Å². The Kier molecular flexibility index (Phi) is 4.75. The Morgan fingerprint density at radius 2 is 1.67 bits per heavy atom. The smallest absolute Gasteiger partial charge is 0.316 e. The summed E-state index contributed by atoms with van der Waals surface area (Å²) in [6.07, 6.45) is 0. The Hall–Kier alpha value is -3.50. The van der Waals surface area contributed by atoms with Gasteiger partial charge in [0.1, 0.15) is 5.69 Å². The second-order valence-corrected chi connectivity index (χ2v) is 7.06. The average molecular weight is 385 g/mol. The molecule has 27 heavy (non-hydrogen) atoms. The Labute approximate surface area is 154 Å². The van der Waals surface area contributed by atoms with Crippen LogP contribution in [-0.2, 0) is 10.1 Å². The second-order valence-electron chi connectivity index (χ2n) is 5.63. The van der Waals surface area contributed by atoms with Crippen LogP contribution in [0, 0.1) is 0 Å². The van der Waals surface area contributed by atoms with Crippen molar-refractivity contribution >= 4 is 49.7 Å². The lowest BCUT2D eigenvalue weighted by atomic mass is 10.1. The number of nitrogens with zero attached hydrogens (tertiary/aromatic N) is 2. The maximum Gasteiger partial charge on any atom is 0.316 e. The summed E-state index contributed by atoms with van der Waals surface area (Å²) in [5.41, 5.74) is 12.4. The normalized spacial score (nSPS) is 11.7. The van der Waals surface area contributed by atoms with E-state index in [-0.39, 0.29) is 4.90 Å². The molecule has 2 amide bonds. The minimum atomic E-state index is -4.27. The quantitative estimate of drug-likeness (QED) is 0.306. The van der Waals surface area contributed by atoms with Crippen molar-refractivity contribution in [1.82, 2.24) is 0 Å². The van der Waals surface area contributed by atoms with E-state index in [1.807, 2.05) is 0 Å². The highest BCUT2D eigenvalue weighted by Crippen LogP contribution is 2.30. The lowest BCUT2D eigenvalue weighted by molar-refractivity contribution is 0.259. The Bertz CT molecular complexity index is 1180. The van der Waals surface area contributed by atoms with Gasteiger partial charge in [0.2, 0.25) is 0 Å². The van der Waals surface area contributed by atoms with Crippen LogP contribution in [0.3, 0.4) is 0 Å². The average Bonchev–Trinajstić information content (AvgIpc) is 2.59. The van der Waals surface area contributed by atoms with Crippen molar-refractivity contribution in [3.63, 3.8) is 0 Å². The number of rotatable bonds is 4. The minimum Gasteiger partial charge on any atom is -0.399 e. The van der Waals surface area contributed by atoms with Gasteiger partial charge in [0, 0.05) is 5.69 Å². The van der Waals surface area contributed by atoms with Crippen LogP contribution in [0.25, 0.3) is 10.8 Å². The lowest BCUT2D eigenvalue weighted by Gasteiger charge is -2.06. The van der Waals surface area contributed by atoms with Gasteiger partial charge >= 0.3 is 6.03 Å². The van der Waals surface area contributed by atoms with Crippen molar-refractivity contribution in [2.24, 2.45) is 16.0 Å². The number of nitrogen functional groups attached to an aromatic ring is 1. The van der Waals surface area contributed by atoms with Crippen LogP contribution in [0.15, 0.2) is 69.7 Å². The van der Waals surface area contributed by atoms with Gasteiger partial charge in [0.05, 0.1) is 16.3 Å². The largest absolute Gasteiger partial charge is 0.399 e. The maximum atomic E-state index is 11.2. The number of carbonyl (C=O) groups excluding carboxylic acids is 1. The molecule has 6 N–H and O–H groups in total. The first kappa shape index (κ1) is 18.3. The summed E-state index contributed by atoms with van der Waals surface area (Å²) in [5.74, 6) is 0. The number of nitrogens with one attached hydrogen (secondary N) is 1. The number of azo groups is 1. The minimum absolute atomic E-state index is 0.187. The number of primary amides is 1. The molecular formula is C17H15N5O4S. The molecule has 0 aliphatic rings. The van der Waals surface area contributed by atoms with Crippen LogP contribution < -0.4 is 16.8 Å². The zero-order chi connectivity index (χ0) is 19.6. The molecular weight excluding hydrogens is 370 g/mol. The summed E-state index contributed by atoms with van der Waals surface area (Å²) < 4.78 is 31.5. The van der Waals surface area contributed by atoms with Crippen LogP contribution >= 0.6 is 0 Å². The van der Waals surface area contributed by atoms with Crippen molar-refractivity contribution in [2.45, 2.75) is 4.90 Å². The van der Waals surface area contributed by atoms with E-state index in [4.69, 9.17) is 16.0 Å². The molecule has 138 valence electrons. The van der Waals surface area contributed by atoms with Crippen molar-refractivity contribution in [1.29, 1.82) is 0 Å². The molecule has 3 rings (SSSR count). The molecule has 0 atom stereocenters. The number of nitrogens with two attached hydrogens (primary N) is 2. The molecule has 0 spiro atoms. The summed E-state index contributed by atoms with van der Waals surface area (Å²) >= 11 is 0. The molecule has 3 aromatic carbocycles. The molecule has 0 fully saturated rings. The fourth-order valence-electron chi connectivity index (χ4n) is 2.42. The van der Waals surface area contributed by atoms with Gasteiger partial charge in [-0.15, -0.1) is 5.11 Å². The summed E-state index contributed by atoms with van der Waals surface area (Å²) in [6, 6.07) is 13.2. The van der Waals surface area contributed by atoms with E-state index in [0.717, 1.165) is 0 Å². The molecule has 10 heteroatoms. The third-order valence-corrected chi connectivity index (χ3v) is 4.49. The Balaban J connectivity index is 1.94. The van der Waals surface area contributed by atoms with E-state index in [1.54, 1.807) is 36.4 Å². The Morgan fingerprint density at radius 3 is 2.37 bits per heavy atom. The predicted octanol–water partition coefficient (Wildman–Crippen LogP) is 3.57. The van der Waals surface area contributed by atoms with Crippen LogP contribution in [0.2, 0.25) is 0 Å². The van der Waals surface area contributed by atoms with Gasteiger partial charge in [-0.1, -0.05) is 12.1 Å². The zero-order valence-electron chi connectivity index (χ0n) is 13.8. The topological polar surface area (TPSA) is 160 Å². The third kappa shape index (κ3) is 4.37. The first-order valence-corrected chi connectivity index (χ1v) is 9.05. The van der Waals surface area contributed by atoms with Crippen molar-refractivity contribution in [3.05, 3.63) is 54.6 Å². The van der Waals surface area contributed by atoms with Crippen molar-refractivity contribution in [2.75, 3.05) is 11.1 Å². The van der Waals surface area contributed by atoms with Gasteiger partial charge in [-0.05, 0) is 53.2 Å². The SMILES string of the molecule is NC(=O)Nc1cc(N)ccc1N=Nc1ccc2cc(S(=O)(=O)O)ccc2c1. The fourth-order valence-corrected chi connectivity index (χ4v) is 2.94. The lowest BCUT2D eigenvalue weighted by Crippen LogP contribution is -2.19. The summed E-state index contributed by atoms with van der Waals surface area (Å²) in [5, 5.41) is 12.0. The molecule has 9 nitrogen and oxygen atoms in total. The number of carbonyl (C=O) groups is 1. The van der Waals surface area contributed by atoms with Crippen LogP contribution in [0.5, 0.6) is 0 Å². The zero-order valence-corrected chi connectivity index (χ0v) is 14.6. The molecule has 0 aliphatic carbocycles. The number of fused-ring (bicyclic) bond motifs is 1. The molecule has 0 unspecified atom stereocenters. The van der Waals surface area contributed by atoms with E-state index >= 15 is 0 Å². The van der Waals surface area contributed by atoms with Crippen LogP contribution in [0.4, 0.5) is 27.5 Å². The number of anilines is 2. The highest BCUT2D eigenvalue weighted by molar-refractivity contribution is 7.85. The molecule has 0 heterocycles. The highest BCUT2D eigenvalue weighted by atomic mass is 32.2. The molecule has 0 aromatic heterocycles. The molecule has 0 aliphatic heterocycles. The van der Waals surface area contributed by atoms with Gasteiger partial charge in [-0.2, -0.15) is 13.5 Å². The van der Waals surface area contributed by atoms with Gasteiger partial charge < -0.3 is 16.8 Å². The van der Waals surface area contributed by atoms with Gasteiger partial charge in [-0.3, -0.25) is 4.55 Å². The van der Waals surface area contributed by atoms with Crippen LogP contribution in [0.1, 0.15) is 0 Å². The number of hydrogen-bond acceptors (Lipinski definition) is 6. The summed E-state index contributed by atoms with van der Waals surface area (Å²) in [4.78, 5) is 10.9. The monoisotopic (exact) mass is 385 g/mol. The highest BCUT2D eigenvalue weighted by Gasteiger charge is 2.10. The predicted molar refractivity (Wildman–Crippen MR) is 102 cm³/mol. The number of urea groups is 1. The first-order valence-electron chi connectivity index (χ1n) is 7.61. The number of hydrogen-bond donors (Lipinski definition) is 4. The van der Waals surface area contributed by atoms with E-state index in [1.165, 1.54) is 18.2 Å². The molecule has 3 aromatic rings. The fraction of sp³-hybridized carbons (Fsp3) is 0. The maximum absolute atomic E-state index is 11.2. The standard InChI is InChI=1S/C17H15N5O4S/c18-12-3-6-15(16(9-12)20-17(19)23)22-21-13-4-1-11-8-14(27(24,25)26)5-2-10(11)7-13/h1-9H,18H2,(H3,19,20,23)(H,24,25,26). The molecule has 0 bridgehead atoms. The first-order chi connectivity index (χ1) is 12.7. The van der Waals surface area contributed by atoms with E-state index in [2.05, 4.69) is 15.5 Å². The molecule has 0 saturated carbocycles. The molecule has 0 radical (unpaired) electrons. The third-order valence-electron chi connectivity index (χ3n) is 3.64.